The standard InChI is InChI=1S/C18H30.C14H24.C14H22.C10H20.C9H18.C9H20.C8H18/c1-16(2,3)13-11-10-12-14(17(4,5)6)15(13)18(7,8)9;1-13(2,3)14-7-10-4-11(8-14)6-12(5-10)9-14;1-13(2,3)11-9-7-8-10-12(11)14(4,5)6;1-10(2,3)9-7-5-4-6-8-9;1-9(2,3)8-6-4-5-7-8;1-8(2,3)7-9(4,5)6;1-7(2)6-8(3,4)5/h10-12H,1-9H3;10-12H,4-9H2,1-3H3;7-10H,1-6H3;9H,4-8H2,1-3H3;8H,4-7H2,1-3H3;7H2,1-6H3;7H,6H2,1-5H3. The highest BCUT2D eigenvalue weighted by atomic mass is 14.6. The summed E-state index contributed by atoms with van der Waals surface area (Å²) in [5.74, 6) is 6.19. The minimum absolute atomic E-state index is 0.187. The molecule has 2 aromatic rings. The fraction of sp³-hybridized carbons (Fsp3) is 0.854. The molecule has 0 heteroatoms. The van der Waals surface area contributed by atoms with Crippen LogP contribution in [0.5, 0.6) is 0 Å². The lowest BCUT2D eigenvalue weighted by molar-refractivity contribution is -0.113. The van der Waals surface area contributed by atoms with Gasteiger partial charge in [0.1, 0.15) is 0 Å². The van der Waals surface area contributed by atoms with E-state index in [0.717, 1.165) is 40.9 Å². The van der Waals surface area contributed by atoms with E-state index in [-0.39, 0.29) is 27.1 Å². The van der Waals surface area contributed by atoms with Crippen molar-refractivity contribution in [1.82, 2.24) is 0 Å². The third kappa shape index (κ3) is 29.0. The maximum Gasteiger partial charge on any atom is -0.0126 e. The van der Waals surface area contributed by atoms with Crippen molar-refractivity contribution in [3.63, 3.8) is 0 Å². The van der Waals surface area contributed by atoms with E-state index in [1.807, 2.05) is 0 Å². The zero-order chi connectivity index (χ0) is 64.3. The molecule has 0 radical (unpaired) electrons. The maximum absolute atomic E-state index is 2.49. The van der Waals surface area contributed by atoms with Crippen LogP contribution < -0.4 is 0 Å². The molecule has 0 nitrogen and oxygen atoms in total. The van der Waals surface area contributed by atoms with Crippen LogP contribution in [0, 0.1) is 73.4 Å². The molecule has 0 unspecified atom stereocenters. The van der Waals surface area contributed by atoms with Crippen LogP contribution in [0.1, 0.15) is 379 Å². The Balaban J connectivity index is 0.000000487. The van der Waals surface area contributed by atoms with Crippen LogP contribution in [-0.2, 0) is 27.1 Å². The molecule has 6 aliphatic carbocycles. The van der Waals surface area contributed by atoms with Crippen molar-refractivity contribution in [1.29, 1.82) is 0 Å². The van der Waals surface area contributed by atoms with Gasteiger partial charge in [0.05, 0.1) is 0 Å². The first-order valence-corrected chi connectivity index (χ1v) is 34.6. The van der Waals surface area contributed by atoms with Gasteiger partial charge in [-0.25, -0.2) is 0 Å². The molecule has 6 fully saturated rings. The zero-order valence-electron chi connectivity index (χ0n) is 63.0. The van der Waals surface area contributed by atoms with Crippen LogP contribution >= 0.6 is 0 Å². The number of rotatable bonds is 1. The highest BCUT2D eigenvalue weighted by Gasteiger charge is 2.55. The predicted octanol–water partition coefficient (Wildman–Crippen LogP) is 27.5. The quantitative estimate of drug-likeness (QED) is 0.267. The first-order chi connectivity index (χ1) is 36.4. The highest BCUT2D eigenvalue weighted by molar-refractivity contribution is 5.46. The van der Waals surface area contributed by atoms with Gasteiger partial charge in [0.25, 0.3) is 0 Å². The van der Waals surface area contributed by atoms with Crippen molar-refractivity contribution in [2.24, 2.45) is 73.4 Å². The summed E-state index contributed by atoms with van der Waals surface area (Å²) >= 11 is 0. The van der Waals surface area contributed by atoms with Crippen LogP contribution in [0.4, 0.5) is 0 Å². The second kappa shape index (κ2) is 30.1. The molecule has 2 aromatic carbocycles. The van der Waals surface area contributed by atoms with Crippen LogP contribution in [0.25, 0.3) is 0 Å². The fourth-order valence-electron chi connectivity index (χ4n) is 16.0. The van der Waals surface area contributed by atoms with Gasteiger partial charge in [-0.1, -0.05) is 317 Å². The minimum Gasteiger partial charge on any atom is -0.0628 e. The van der Waals surface area contributed by atoms with Gasteiger partial charge in [-0.3, -0.25) is 0 Å². The summed E-state index contributed by atoms with van der Waals surface area (Å²) in [5, 5.41) is 0. The molecule has 0 spiro atoms. The first-order valence-electron chi connectivity index (χ1n) is 34.6. The van der Waals surface area contributed by atoms with Gasteiger partial charge < -0.3 is 0 Å². The van der Waals surface area contributed by atoms with Gasteiger partial charge in [-0.05, 0) is 205 Å². The molecule has 0 amide bonds. The Labute approximate surface area is 519 Å². The second-order valence-corrected chi connectivity index (χ2v) is 40.5. The Hall–Kier alpha value is -1.56. The van der Waals surface area contributed by atoms with E-state index >= 15 is 0 Å². The minimum atomic E-state index is 0.187. The molecule has 480 valence electrons. The SMILES string of the molecule is CC(C)(C)C12CC3CC(CC(C3)C1)C2.CC(C)(C)C1CCCC1.CC(C)(C)C1CCCCC1.CC(C)(C)CC(C)(C)C.CC(C)(C)c1cccc(C(C)(C)C)c1C(C)(C)C.CC(C)(C)c1ccccc1C(C)(C)C.CC(C)CC(C)(C)C. The topological polar surface area (TPSA) is 0 Å². The summed E-state index contributed by atoms with van der Waals surface area (Å²) < 4.78 is 0. The average Bonchev–Trinajstić information content (AvgIpc) is 3.80. The van der Waals surface area contributed by atoms with E-state index < -0.39 is 0 Å². The number of benzene rings is 2. The molecule has 0 aromatic heterocycles. The van der Waals surface area contributed by atoms with Crippen LogP contribution in [-0.4, -0.2) is 0 Å². The molecular weight excluding hydrogens is 985 g/mol. The Bertz CT molecular complexity index is 1960. The molecule has 82 heavy (non-hydrogen) atoms. The van der Waals surface area contributed by atoms with E-state index in [9.17, 15) is 0 Å². The Morgan fingerprint density at radius 3 is 0.817 bits per heavy atom. The van der Waals surface area contributed by atoms with Gasteiger partial charge >= 0.3 is 0 Å². The van der Waals surface area contributed by atoms with E-state index in [1.165, 1.54) is 98.4 Å². The zero-order valence-corrected chi connectivity index (χ0v) is 63.0. The predicted molar refractivity (Wildman–Crippen MR) is 376 cm³/mol. The molecular formula is C82H152. The molecule has 6 aliphatic rings. The van der Waals surface area contributed by atoms with Crippen molar-refractivity contribution in [3.05, 3.63) is 70.3 Å². The maximum atomic E-state index is 2.49. The monoisotopic (exact) mass is 1140 g/mol. The lowest BCUT2D eigenvalue weighted by atomic mass is 9.43. The van der Waals surface area contributed by atoms with Crippen molar-refractivity contribution in [2.75, 3.05) is 0 Å². The van der Waals surface area contributed by atoms with E-state index in [0.29, 0.717) is 32.5 Å². The third-order valence-corrected chi connectivity index (χ3v) is 19.1. The smallest absolute Gasteiger partial charge is 0.0126 e. The summed E-state index contributed by atoms with van der Waals surface area (Å²) in [4.78, 5) is 0. The fourth-order valence-corrected chi connectivity index (χ4v) is 16.0. The lowest BCUT2D eigenvalue weighted by Crippen LogP contribution is -2.51. The Kier molecular flexibility index (Phi) is 28.8. The molecule has 0 saturated heterocycles. The molecule has 0 N–H and O–H groups in total. The van der Waals surface area contributed by atoms with Crippen LogP contribution in [0.2, 0.25) is 0 Å². The van der Waals surface area contributed by atoms with E-state index in [1.54, 1.807) is 38.5 Å². The van der Waals surface area contributed by atoms with Gasteiger partial charge in [0.2, 0.25) is 0 Å². The number of hydrogen-bond donors (Lipinski definition) is 0. The van der Waals surface area contributed by atoms with Gasteiger partial charge in [-0.2, -0.15) is 0 Å². The van der Waals surface area contributed by atoms with Crippen LogP contribution in [0.3, 0.4) is 0 Å². The van der Waals surface area contributed by atoms with E-state index in [2.05, 4.69) is 285 Å². The summed E-state index contributed by atoms with van der Waals surface area (Å²) in [5.41, 5.74) is 12.4. The van der Waals surface area contributed by atoms with Gasteiger partial charge in [-0.15, -0.1) is 0 Å². The molecule has 0 heterocycles. The normalized spacial score (nSPS) is 22.1. The van der Waals surface area contributed by atoms with E-state index in [4.69, 9.17) is 0 Å². The Morgan fingerprint density at radius 1 is 0.354 bits per heavy atom. The first kappa shape index (κ1) is 78.5. The van der Waals surface area contributed by atoms with Crippen LogP contribution in [0.15, 0.2) is 42.5 Å². The molecule has 8 rings (SSSR count). The third-order valence-electron chi connectivity index (χ3n) is 19.1. The second-order valence-electron chi connectivity index (χ2n) is 40.5. The highest BCUT2D eigenvalue weighted by Crippen LogP contribution is 2.65. The van der Waals surface area contributed by atoms with Crippen molar-refractivity contribution < 1.29 is 0 Å². The molecule has 4 bridgehead atoms. The van der Waals surface area contributed by atoms with Gasteiger partial charge in [0, 0.05) is 0 Å². The largest absolute Gasteiger partial charge is 0.0628 e. The lowest BCUT2D eigenvalue weighted by Gasteiger charge is -2.62. The van der Waals surface area contributed by atoms with Gasteiger partial charge in [0.15, 0.2) is 0 Å². The Morgan fingerprint density at radius 2 is 0.634 bits per heavy atom. The van der Waals surface area contributed by atoms with Crippen molar-refractivity contribution >= 4 is 0 Å². The average molecular weight is 1140 g/mol. The van der Waals surface area contributed by atoms with Crippen molar-refractivity contribution in [3.8, 4) is 0 Å². The summed E-state index contributed by atoms with van der Waals surface area (Å²) in [6.07, 6.45) is 25.3. The molecule has 0 aliphatic heterocycles. The number of hydrogen-bond acceptors (Lipinski definition) is 0. The molecule has 0 atom stereocenters. The summed E-state index contributed by atoms with van der Waals surface area (Å²) in [6, 6.07) is 15.6. The molecule has 6 saturated carbocycles. The summed E-state index contributed by atoms with van der Waals surface area (Å²) in [6.45, 7) is 81.3. The van der Waals surface area contributed by atoms with Crippen molar-refractivity contribution in [2.45, 2.75) is 379 Å². The summed E-state index contributed by atoms with van der Waals surface area (Å²) in [7, 11) is 0.